The standard InChI is InChI=1S/C45H55FN2O8S/c1-5-25-54-45-41(48(44(51)53-6-2)29-30-13-15-32(46)16-14-30)28-39(47-52-3)37-26-31(11-7-9-23-49)36(12-8-10-24-50)42(43(37)45)38-27-34(19-22-40(38)56-45)55-33-17-20-35(57-4)21-18-33/h5,13-22,26-27,31,36,41-43,49-50H,1,6-12,23-25,28-29H2,2-4H3. The Kier molecular flexibility index (Phi) is 14.7. The molecule has 0 saturated heterocycles. The van der Waals surface area contributed by atoms with Crippen molar-refractivity contribution in [1.29, 1.82) is 0 Å². The van der Waals surface area contributed by atoms with Gasteiger partial charge in [-0.15, -0.1) is 18.3 Å². The molecule has 12 heteroatoms. The fourth-order valence-electron chi connectivity index (χ4n) is 8.90. The van der Waals surface area contributed by atoms with Crippen LogP contribution in [0.2, 0.25) is 0 Å². The molecule has 2 aliphatic carbocycles. The van der Waals surface area contributed by atoms with Crippen molar-refractivity contribution in [3.63, 3.8) is 0 Å². The van der Waals surface area contributed by atoms with Crippen molar-refractivity contribution in [3.05, 3.63) is 108 Å². The quantitative estimate of drug-likeness (QED) is 0.0529. The summed E-state index contributed by atoms with van der Waals surface area (Å²) in [5.41, 5.74) is 3.23. The molecule has 6 atom stereocenters. The monoisotopic (exact) mass is 802 g/mol. The molecule has 10 nitrogen and oxygen atoms in total. The molecular weight excluding hydrogens is 748 g/mol. The summed E-state index contributed by atoms with van der Waals surface area (Å²) >= 11 is 1.66. The highest BCUT2D eigenvalue weighted by atomic mass is 32.2. The average Bonchev–Trinajstić information content (AvgIpc) is 3.22. The van der Waals surface area contributed by atoms with E-state index < -0.39 is 23.8 Å². The van der Waals surface area contributed by atoms with Crippen molar-refractivity contribution in [2.75, 3.05) is 39.8 Å². The molecule has 0 radical (unpaired) electrons. The van der Waals surface area contributed by atoms with Crippen LogP contribution in [-0.4, -0.2) is 78.5 Å². The van der Waals surface area contributed by atoms with E-state index in [2.05, 4.69) is 23.9 Å². The number of rotatable bonds is 19. The molecule has 1 heterocycles. The highest BCUT2D eigenvalue weighted by Gasteiger charge is 2.65. The van der Waals surface area contributed by atoms with Gasteiger partial charge in [0.05, 0.1) is 24.8 Å². The Balaban J connectivity index is 1.58. The molecule has 0 bridgehead atoms. The third-order valence-corrected chi connectivity index (χ3v) is 12.0. The molecule has 1 aliphatic heterocycles. The maximum absolute atomic E-state index is 14.2. The SMILES string of the molecule is C=CCOC12Oc3ccc(Oc4ccc(SC)cc4)cc3C3C(CCCCO)C(CCCCO)C=C(C(=NOC)CC1N(Cc1ccc(F)cc1)C(=O)OCC)C32. The van der Waals surface area contributed by atoms with Gasteiger partial charge in [0, 0.05) is 42.6 Å². The number of oxime groups is 1. The number of fused-ring (bicyclic) bond motifs is 2. The number of thioether (sulfide) groups is 1. The summed E-state index contributed by atoms with van der Waals surface area (Å²) in [6.45, 7) is 6.28. The molecular formula is C45H55FN2O8S. The summed E-state index contributed by atoms with van der Waals surface area (Å²) in [5, 5.41) is 24.3. The van der Waals surface area contributed by atoms with Crippen molar-refractivity contribution in [1.82, 2.24) is 4.90 Å². The second-order valence-electron chi connectivity index (χ2n) is 14.7. The molecule has 1 fully saturated rings. The second kappa shape index (κ2) is 19.9. The van der Waals surface area contributed by atoms with Gasteiger partial charge in [0.1, 0.15) is 36.2 Å². The van der Waals surface area contributed by atoms with E-state index in [-0.39, 0.29) is 63.0 Å². The van der Waals surface area contributed by atoms with E-state index in [0.29, 0.717) is 41.4 Å². The summed E-state index contributed by atoms with van der Waals surface area (Å²) in [7, 11) is 1.51. The average molecular weight is 803 g/mol. The Labute approximate surface area is 339 Å². The maximum Gasteiger partial charge on any atom is 0.410 e. The van der Waals surface area contributed by atoms with Gasteiger partial charge < -0.3 is 34.0 Å². The number of hydrogen-bond acceptors (Lipinski definition) is 10. The van der Waals surface area contributed by atoms with E-state index in [1.807, 2.05) is 42.7 Å². The minimum Gasteiger partial charge on any atom is -0.459 e. The van der Waals surface area contributed by atoms with Crippen LogP contribution >= 0.6 is 11.8 Å². The van der Waals surface area contributed by atoms with E-state index in [0.717, 1.165) is 41.7 Å². The molecule has 0 spiro atoms. The number of benzene rings is 3. The lowest BCUT2D eigenvalue weighted by Gasteiger charge is -2.59. The van der Waals surface area contributed by atoms with Gasteiger partial charge in [0.15, 0.2) is 0 Å². The largest absolute Gasteiger partial charge is 0.459 e. The zero-order valence-electron chi connectivity index (χ0n) is 33.1. The van der Waals surface area contributed by atoms with Gasteiger partial charge in [-0.05, 0) is 116 Å². The minimum atomic E-state index is -1.46. The number of carbonyl (C=O) groups is 1. The smallest absolute Gasteiger partial charge is 0.410 e. The Morgan fingerprint density at radius 2 is 1.75 bits per heavy atom. The Hall–Kier alpha value is -4.36. The van der Waals surface area contributed by atoms with Crippen LogP contribution in [0.25, 0.3) is 0 Å². The number of hydrogen-bond donors (Lipinski definition) is 2. The van der Waals surface area contributed by atoms with Crippen LogP contribution in [0, 0.1) is 23.6 Å². The van der Waals surface area contributed by atoms with Crippen LogP contribution in [0.5, 0.6) is 17.2 Å². The van der Waals surface area contributed by atoms with E-state index in [1.165, 1.54) is 19.2 Å². The van der Waals surface area contributed by atoms with E-state index in [4.69, 9.17) is 23.8 Å². The number of unbranched alkanes of at least 4 members (excludes halogenated alkanes) is 2. The Morgan fingerprint density at radius 1 is 1.04 bits per heavy atom. The summed E-state index contributed by atoms with van der Waals surface area (Å²) in [6, 6.07) is 19.1. The fraction of sp³-hybridized carbons (Fsp3) is 0.467. The van der Waals surface area contributed by atoms with Crippen LogP contribution in [0.4, 0.5) is 9.18 Å². The minimum absolute atomic E-state index is 0.0464. The van der Waals surface area contributed by atoms with E-state index in [9.17, 15) is 19.4 Å². The first-order valence-electron chi connectivity index (χ1n) is 19.9. The van der Waals surface area contributed by atoms with Gasteiger partial charge >= 0.3 is 6.09 Å². The molecule has 3 aromatic rings. The number of nitrogens with zero attached hydrogens (tertiary/aromatic N) is 2. The lowest BCUT2D eigenvalue weighted by atomic mass is 9.55. The van der Waals surface area contributed by atoms with Crippen LogP contribution in [-0.2, 0) is 20.9 Å². The molecule has 6 rings (SSSR count). The lowest BCUT2D eigenvalue weighted by Crippen LogP contribution is -2.70. The van der Waals surface area contributed by atoms with Crippen LogP contribution in [0.3, 0.4) is 0 Å². The molecule has 6 unspecified atom stereocenters. The van der Waals surface area contributed by atoms with E-state index >= 15 is 0 Å². The molecule has 1 amide bonds. The Morgan fingerprint density at radius 3 is 2.42 bits per heavy atom. The van der Waals surface area contributed by atoms with Crippen LogP contribution in [0.15, 0.2) is 101 Å². The first-order valence-corrected chi connectivity index (χ1v) is 21.1. The normalized spacial score (nSPS) is 24.1. The van der Waals surface area contributed by atoms with Crippen LogP contribution in [0.1, 0.15) is 68.9 Å². The van der Waals surface area contributed by atoms with E-state index in [1.54, 1.807) is 41.8 Å². The highest BCUT2D eigenvalue weighted by Crippen LogP contribution is 2.62. The van der Waals surface area contributed by atoms with Crippen molar-refractivity contribution in [2.24, 2.45) is 22.9 Å². The highest BCUT2D eigenvalue weighted by molar-refractivity contribution is 7.98. The summed E-state index contributed by atoms with van der Waals surface area (Å²) in [6.07, 6.45) is 10.2. The lowest BCUT2D eigenvalue weighted by molar-refractivity contribution is -0.256. The number of amides is 1. The third kappa shape index (κ3) is 9.35. The van der Waals surface area contributed by atoms with Crippen molar-refractivity contribution in [3.8, 4) is 17.2 Å². The number of aliphatic hydroxyl groups is 2. The zero-order valence-corrected chi connectivity index (χ0v) is 33.9. The molecule has 3 aliphatic rings. The Bertz CT molecular complexity index is 1870. The van der Waals surface area contributed by atoms with Gasteiger partial charge in [-0.3, -0.25) is 4.90 Å². The van der Waals surface area contributed by atoms with Crippen molar-refractivity contribution < 1.29 is 43.2 Å². The molecule has 2 N–H and O–H groups in total. The van der Waals surface area contributed by atoms with Gasteiger partial charge in [-0.1, -0.05) is 42.3 Å². The number of halogens is 1. The van der Waals surface area contributed by atoms with Gasteiger partial charge in [0.2, 0.25) is 5.79 Å². The summed E-state index contributed by atoms with van der Waals surface area (Å²) in [4.78, 5) is 22.5. The summed E-state index contributed by atoms with van der Waals surface area (Å²) < 4.78 is 40.6. The maximum atomic E-state index is 14.2. The predicted octanol–water partition coefficient (Wildman–Crippen LogP) is 9.26. The number of allylic oxidation sites excluding steroid dienone is 1. The molecule has 0 aromatic heterocycles. The van der Waals surface area contributed by atoms with Gasteiger partial charge in [-0.2, -0.15) is 0 Å². The van der Waals surface area contributed by atoms with Crippen molar-refractivity contribution in [2.45, 2.75) is 81.1 Å². The van der Waals surface area contributed by atoms with Gasteiger partial charge in [0.25, 0.3) is 0 Å². The molecule has 57 heavy (non-hydrogen) atoms. The second-order valence-corrected chi connectivity index (χ2v) is 15.6. The molecule has 3 aromatic carbocycles. The van der Waals surface area contributed by atoms with Crippen molar-refractivity contribution >= 4 is 23.6 Å². The number of carbonyl (C=O) groups excluding carboxylic acids is 1. The first kappa shape index (κ1) is 42.3. The number of ether oxygens (including phenoxy) is 4. The fourth-order valence-corrected chi connectivity index (χ4v) is 9.31. The zero-order chi connectivity index (χ0) is 40.4. The topological polar surface area (TPSA) is 119 Å². The summed E-state index contributed by atoms with van der Waals surface area (Å²) in [5.74, 6) is -0.468. The predicted molar refractivity (Wildman–Crippen MR) is 219 cm³/mol. The third-order valence-electron chi connectivity index (χ3n) is 11.3. The first-order chi connectivity index (χ1) is 27.8. The van der Waals surface area contributed by atoms with Gasteiger partial charge in [-0.25, -0.2) is 9.18 Å². The molecule has 306 valence electrons. The van der Waals surface area contributed by atoms with Crippen LogP contribution < -0.4 is 9.47 Å². The number of aliphatic hydroxyl groups excluding tert-OH is 2. The molecule has 1 saturated carbocycles.